The van der Waals surface area contributed by atoms with E-state index in [-0.39, 0.29) is 30.1 Å². The van der Waals surface area contributed by atoms with Gasteiger partial charge in [-0.2, -0.15) is 0 Å². The molecule has 0 saturated carbocycles. The summed E-state index contributed by atoms with van der Waals surface area (Å²) < 4.78 is 0. The average Bonchev–Trinajstić information content (AvgIpc) is 2.59. The summed E-state index contributed by atoms with van der Waals surface area (Å²) in [5.41, 5.74) is 5.51. The van der Waals surface area contributed by atoms with Crippen LogP contribution in [0.15, 0.2) is 24.3 Å². The first kappa shape index (κ1) is 21.7. The highest BCUT2D eigenvalue weighted by Gasteiger charge is 2.38. The quantitative estimate of drug-likeness (QED) is 0.813. The monoisotopic (exact) mass is 387 g/mol. The minimum Gasteiger partial charge on any atom is -0.355 e. The number of nitrogens with one attached hydrogen (secondary N) is 1. The maximum atomic E-state index is 13.1. The topological polar surface area (TPSA) is 75.4 Å². The van der Waals surface area contributed by atoms with Gasteiger partial charge in [-0.3, -0.25) is 9.59 Å². The number of rotatable bonds is 5. The van der Waals surface area contributed by atoms with Crippen molar-refractivity contribution in [1.29, 1.82) is 0 Å². The van der Waals surface area contributed by atoms with Crippen molar-refractivity contribution in [2.24, 2.45) is 11.7 Å². The molecule has 1 aliphatic rings. The van der Waals surface area contributed by atoms with Crippen molar-refractivity contribution in [1.82, 2.24) is 10.2 Å². The van der Waals surface area contributed by atoms with Crippen LogP contribution in [0, 0.1) is 5.92 Å². The Labute approximate surface area is 160 Å². The molecule has 1 unspecified atom stereocenters. The second-order valence-corrected chi connectivity index (χ2v) is 7.18. The number of halogens is 2. The van der Waals surface area contributed by atoms with Gasteiger partial charge in [0.1, 0.15) is 0 Å². The average molecular weight is 388 g/mol. The Morgan fingerprint density at radius 2 is 2.04 bits per heavy atom. The van der Waals surface area contributed by atoms with Crippen LogP contribution in [-0.4, -0.2) is 42.9 Å². The van der Waals surface area contributed by atoms with E-state index in [1.165, 1.54) is 0 Å². The molecular weight excluding hydrogens is 361 g/mol. The van der Waals surface area contributed by atoms with Crippen molar-refractivity contribution in [2.75, 3.05) is 26.2 Å². The first-order chi connectivity index (χ1) is 11.4. The van der Waals surface area contributed by atoms with Crippen LogP contribution in [0.3, 0.4) is 0 Å². The zero-order valence-corrected chi connectivity index (χ0v) is 16.3. The van der Waals surface area contributed by atoms with E-state index in [0.29, 0.717) is 31.2 Å². The van der Waals surface area contributed by atoms with Crippen LogP contribution in [0.5, 0.6) is 0 Å². The summed E-state index contributed by atoms with van der Waals surface area (Å²) >= 11 is 6.28. The molecule has 2 amide bonds. The molecule has 1 atom stereocenters. The fourth-order valence-electron chi connectivity index (χ4n) is 3.19. The molecule has 0 aromatic heterocycles. The highest BCUT2D eigenvalue weighted by molar-refractivity contribution is 6.31. The maximum Gasteiger partial charge on any atom is 0.232 e. The molecule has 1 saturated heterocycles. The van der Waals surface area contributed by atoms with Crippen molar-refractivity contribution in [3.63, 3.8) is 0 Å². The molecule has 0 aliphatic carbocycles. The Bertz CT molecular complexity index is 608. The summed E-state index contributed by atoms with van der Waals surface area (Å²) in [5.74, 6) is -0.184. The van der Waals surface area contributed by atoms with Crippen LogP contribution in [-0.2, 0) is 15.0 Å². The zero-order chi connectivity index (χ0) is 17.7. The zero-order valence-electron chi connectivity index (χ0n) is 14.8. The third kappa shape index (κ3) is 5.09. The minimum atomic E-state index is -0.728. The number of nitrogens with zero attached hydrogens (tertiary/aromatic N) is 1. The molecule has 3 N–H and O–H groups in total. The summed E-state index contributed by atoms with van der Waals surface area (Å²) in [4.78, 5) is 27.0. The highest BCUT2D eigenvalue weighted by atomic mass is 35.5. The van der Waals surface area contributed by atoms with Gasteiger partial charge in [-0.05, 0) is 38.3 Å². The summed E-state index contributed by atoms with van der Waals surface area (Å²) in [6, 6.07) is 7.42. The van der Waals surface area contributed by atoms with Crippen LogP contribution in [0.25, 0.3) is 0 Å². The number of carbonyl (C=O) groups is 2. The molecule has 0 radical (unpaired) electrons. The Kier molecular flexibility index (Phi) is 8.19. The van der Waals surface area contributed by atoms with Crippen LogP contribution in [0.1, 0.15) is 32.3 Å². The van der Waals surface area contributed by atoms with Crippen molar-refractivity contribution >= 4 is 35.8 Å². The molecule has 0 bridgehead atoms. The number of amides is 2. The number of piperidine rings is 1. The molecule has 1 heterocycles. The van der Waals surface area contributed by atoms with E-state index < -0.39 is 5.41 Å². The van der Waals surface area contributed by atoms with Gasteiger partial charge < -0.3 is 16.0 Å². The van der Waals surface area contributed by atoms with E-state index in [9.17, 15) is 9.59 Å². The molecule has 2 rings (SSSR count). The number of hydrogen-bond acceptors (Lipinski definition) is 3. The Balaban J connectivity index is 0.00000312. The third-order valence-electron chi connectivity index (χ3n) is 4.60. The number of likely N-dealkylation sites (tertiary alicyclic amines) is 1. The molecule has 25 heavy (non-hydrogen) atoms. The van der Waals surface area contributed by atoms with E-state index in [0.717, 1.165) is 18.4 Å². The van der Waals surface area contributed by atoms with Gasteiger partial charge >= 0.3 is 0 Å². The van der Waals surface area contributed by atoms with Crippen molar-refractivity contribution in [3.05, 3.63) is 34.9 Å². The third-order valence-corrected chi connectivity index (χ3v) is 4.93. The first-order valence-corrected chi connectivity index (χ1v) is 8.78. The predicted octanol–water partition coefficient (Wildman–Crippen LogP) is 2.35. The lowest BCUT2D eigenvalue weighted by Gasteiger charge is -2.37. The molecule has 0 spiro atoms. The lowest BCUT2D eigenvalue weighted by molar-refractivity contribution is -0.140. The Hall–Kier alpha value is -1.30. The van der Waals surface area contributed by atoms with Crippen LogP contribution >= 0.6 is 24.0 Å². The van der Waals surface area contributed by atoms with E-state index in [2.05, 4.69) is 5.32 Å². The first-order valence-electron chi connectivity index (χ1n) is 8.40. The van der Waals surface area contributed by atoms with Crippen LogP contribution < -0.4 is 11.1 Å². The predicted molar refractivity (Wildman–Crippen MR) is 103 cm³/mol. The van der Waals surface area contributed by atoms with Crippen LogP contribution in [0.4, 0.5) is 0 Å². The number of carbonyl (C=O) groups excluding carboxylic acids is 2. The SMILES string of the molecule is CC(C)(C(=O)N1CCCC(C(=O)NCCN)C1)c1ccccc1Cl.Cl. The van der Waals surface area contributed by atoms with Gasteiger partial charge in [-0.25, -0.2) is 0 Å². The highest BCUT2D eigenvalue weighted by Crippen LogP contribution is 2.32. The second kappa shape index (κ2) is 9.41. The van der Waals surface area contributed by atoms with Crippen molar-refractivity contribution in [2.45, 2.75) is 32.1 Å². The van der Waals surface area contributed by atoms with Gasteiger partial charge in [0.25, 0.3) is 0 Å². The largest absolute Gasteiger partial charge is 0.355 e. The van der Waals surface area contributed by atoms with Gasteiger partial charge in [0, 0.05) is 31.2 Å². The molecule has 1 aliphatic heterocycles. The van der Waals surface area contributed by atoms with Crippen molar-refractivity contribution in [3.8, 4) is 0 Å². The van der Waals surface area contributed by atoms with Crippen molar-refractivity contribution < 1.29 is 9.59 Å². The smallest absolute Gasteiger partial charge is 0.232 e. The Morgan fingerprint density at radius 1 is 1.36 bits per heavy atom. The Morgan fingerprint density at radius 3 is 2.68 bits per heavy atom. The molecule has 7 heteroatoms. The van der Waals surface area contributed by atoms with Gasteiger partial charge in [0.2, 0.25) is 11.8 Å². The summed E-state index contributed by atoms with van der Waals surface area (Å²) in [6.45, 7) is 5.77. The summed E-state index contributed by atoms with van der Waals surface area (Å²) in [6.07, 6.45) is 1.62. The van der Waals surface area contributed by atoms with Crippen LogP contribution in [0.2, 0.25) is 5.02 Å². The minimum absolute atomic E-state index is 0. The van der Waals surface area contributed by atoms with E-state index in [4.69, 9.17) is 17.3 Å². The molecular formula is C18H27Cl2N3O2. The lowest BCUT2D eigenvalue weighted by atomic mass is 9.82. The van der Waals surface area contributed by atoms with E-state index in [1.54, 1.807) is 11.0 Å². The number of benzene rings is 1. The molecule has 1 aromatic rings. The lowest BCUT2D eigenvalue weighted by Crippen LogP contribution is -2.51. The molecule has 1 aromatic carbocycles. The standard InChI is InChI=1S/C18H26ClN3O2.ClH/c1-18(2,14-7-3-4-8-15(14)19)17(24)22-11-5-6-13(12-22)16(23)21-10-9-20;/h3-4,7-8,13H,5-6,9-12,20H2,1-2H3,(H,21,23);1H. The normalized spacial score (nSPS) is 17.6. The molecule has 1 fully saturated rings. The maximum absolute atomic E-state index is 13.1. The van der Waals surface area contributed by atoms with Gasteiger partial charge in [0.05, 0.1) is 11.3 Å². The second-order valence-electron chi connectivity index (χ2n) is 6.77. The van der Waals surface area contributed by atoms with E-state index in [1.807, 2.05) is 32.0 Å². The molecule has 5 nitrogen and oxygen atoms in total. The van der Waals surface area contributed by atoms with E-state index >= 15 is 0 Å². The van der Waals surface area contributed by atoms with Gasteiger partial charge in [-0.1, -0.05) is 29.8 Å². The summed E-state index contributed by atoms with van der Waals surface area (Å²) in [7, 11) is 0. The van der Waals surface area contributed by atoms with Gasteiger partial charge in [-0.15, -0.1) is 12.4 Å². The number of nitrogens with two attached hydrogens (primary N) is 1. The number of hydrogen-bond donors (Lipinski definition) is 2. The summed E-state index contributed by atoms with van der Waals surface area (Å²) in [5, 5.41) is 3.41. The fraction of sp³-hybridized carbons (Fsp3) is 0.556. The fourth-order valence-corrected chi connectivity index (χ4v) is 3.57. The van der Waals surface area contributed by atoms with Gasteiger partial charge in [0.15, 0.2) is 0 Å². The molecule has 140 valence electrons.